The van der Waals surface area contributed by atoms with Gasteiger partial charge in [-0.05, 0) is 43.5 Å². The van der Waals surface area contributed by atoms with Gasteiger partial charge in [-0.15, -0.1) is 0 Å². The van der Waals surface area contributed by atoms with Crippen LogP contribution < -0.4 is 5.32 Å². The summed E-state index contributed by atoms with van der Waals surface area (Å²) in [6.45, 7) is 1.37. The van der Waals surface area contributed by atoms with E-state index in [4.69, 9.17) is 16.3 Å². The van der Waals surface area contributed by atoms with Gasteiger partial charge in [0, 0.05) is 17.3 Å². The molecule has 3 amide bonds. The number of hydrogen-bond acceptors (Lipinski definition) is 5. The number of aryl methyl sites for hydroxylation is 1. The zero-order valence-corrected chi connectivity index (χ0v) is 16.5. The fourth-order valence-electron chi connectivity index (χ4n) is 3.83. The van der Waals surface area contributed by atoms with E-state index in [1.165, 1.54) is 4.90 Å². The second kappa shape index (κ2) is 8.73. The van der Waals surface area contributed by atoms with Crippen molar-refractivity contribution >= 4 is 41.0 Å². The lowest BCUT2D eigenvalue weighted by Gasteiger charge is -2.19. The summed E-state index contributed by atoms with van der Waals surface area (Å²) in [7, 11) is 0. The Morgan fingerprint density at radius 1 is 1.18 bits per heavy atom. The second-order valence-corrected chi connectivity index (χ2v) is 7.68. The number of hydrogen-bond donors (Lipinski definition) is 1. The lowest BCUT2D eigenvalue weighted by molar-refractivity contribution is -0.148. The summed E-state index contributed by atoms with van der Waals surface area (Å²) in [5, 5.41) is 3.21. The molecule has 1 aliphatic heterocycles. The van der Waals surface area contributed by atoms with Crippen LogP contribution in [0.1, 0.15) is 37.7 Å². The minimum Gasteiger partial charge on any atom is -0.456 e. The van der Waals surface area contributed by atoms with Crippen molar-refractivity contribution < 1.29 is 23.9 Å². The molecule has 0 spiro atoms. The number of rotatable bonds is 6. The zero-order valence-electron chi connectivity index (χ0n) is 15.7. The highest BCUT2D eigenvalue weighted by atomic mass is 35.5. The predicted octanol–water partition coefficient (Wildman–Crippen LogP) is 2.70. The minimum absolute atomic E-state index is 0.00140. The molecule has 1 aromatic carbocycles. The van der Waals surface area contributed by atoms with Gasteiger partial charge in [0.2, 0.25) is 11.8 Å². The molecule has 2 fully saturated rings. The van der Waals surface area contributed by atoms with Crippen LogP contribution in [0.25, 0.3) is 0 Å². The molecular formula is C20H23ClN2O5. The van der Waals surface area contributed by atoms with E-state index >= 15 is 0 Å². The molecule has 7 nitrogen and oxygen atoms in total. The van der Waals surface area contributed by atoms with E-state index in [1.807, 2.05) is 0 Å². The van der Waals surface area contributed by atoms with Crippen LogP contribution in [0.5, 0.6) is 0 Å². The Bertz CT molecular complexity index is 786. The molecule has 1 heterocycles. The largest absolute Gasteiger partial charge is 0.456 e. The predicted molar refractivity (Wildman–Crippen MR) is 103 cm³/mol. The van der Waals surface area contributed by atoms with Crippen LogP contribution in [0.15, 0.2) is 18.2 Å². The van der Waals surface area contributed by atoms with Crippen LogP contribution in [0.2, 0.25) is 5.02 Å². The van der Waals surface area contributed by atoms with E-state index in [-0.39, 0.29) is 36.6 Å². The third-order valence-electron chi connectivity index (χ3n) is 5.30. The number of ether oxygens (including phenoxy) is 1. The first-order valence-electron chi connectivity index (χ1n) is 9.43. The van der Waals surface area contributed by atoms with Gasteiger partial charge in [-0.3, -0.25) is 24.1 Å². The number of halogens is 1. The molecule has 8 heteroatoms. The van der Waals surface area contributed by atoms with Crippen molar-refractivity contribution in [3.8, 4) is 0 Å². The van der Waals surface area contributed by atoms with Gasteiger partial charge < -0.3 is 10.1 Å². The van der Waals surface area contributed by atoms with Crippen molar-refractivity contribution in [2.45, 2.75) is 39.0 Å². The summed E-state index contributed by atoms with van der Waals surface area (Å²) in [6, 6.07) is 5.03. The Labute approximate surface area is 168 Å². The van der Waals surface area contributed by atoms with E-state index in [0.29, 0.717) is 10.7 Å². The number of anilines is 1. The number of nitrogens with zero attached hydrogens (tertiary/aromatic N) is 1. The normalized spacial score (nSPS) is 21.4. The third kappa shape index (κ3) is 4.52. The van der Waals surface area contributed by atoms with Crippen molar-refractivity contribution in [3.63, 3.8) is 0 Å². The highest BCUT2D eigenvalue weighted by molar-refractivity contribution is 6.30. The summed E-state index contributed by atoms with van der Waals surface area (Å²) < 4.78 is 4.96. The quantitative estimate of drug-likeness (QED) is 0.579. The lowest BCUT2D eigenvalue weighted by Crippen LogP contribution is -2.33. The molecule has 150 valence electrons. The molecule has 3 rings (SSSR count). The first-order valence-corrected chi connectivity index (χ1v) is 9.81. The summed E-state index contributed by atoms with van der Waals surface area (Å²) in [4.78, 5) is 49.8. The maximum atomic E-state index is 12.4. The fraction of sp³-hybridized carbons (Fsp3) is 0.500. The molecule has 1 aromatic rings. The Morgan fingerprint density at radius 2 is 1.82 bits per heavy atom. The number of fused-ring (bicyclic) bond motifs is 1. The van der Waals surface area contributed by atoms with Crippen molar-refractivity contribution in [2.75, 3.05) is 18.5 Å². The molecule has 0 bridgehead atoms. The number of benzene rings is 1. The van der Waals surface area contributed by atoms with E-state index in [9.17, 15) is 19.2 Å². The zero-order chi connectivity index (χ0) is 20.3. The van der Waals surface area contributed by atoms with Crippen LogP contribution in [-0.4, -0.2) is 41.7 Å². The number of imide groups is 1. The molecular weight excluding hydrogens is 384 g/mol. The number of likely N-dealkylation sites (tertiary alicyclic amines) is 1. The standard InChI is InChI=1S/C20H23ClN2O5/c1-12-10-13(21)6-7-16(12)22-17(24)11-28-18(25)8-9-23-19(26)14-4-2-3-5-15(14)20(23)27/h6-7,10,14-15H,2-5,8-9,11H2,1H3,(H,22,24)/t14-,15+. The van der Waals surface area contributed by atoms with Gasteiger partial charge in [0.05, 0.1) is 18.3 Å². The van der Waals surface area contributed by atoms with Crippen LogP contribution in [0, 0.1) is 18.8 Å². The molecule has 28 heavy (non-hydrogen) atoms. The minimum atomic E-state index is -0.626. The van der Waals surface area contributed by atoms with E-state index < -0.39 is 18.5 Å². The summed E-state index contributed by atoms with van der Waals surface area (Å²) in [5.41, 5.74) is 1.38. The van der Waals surface area contributed by atoms with Gasteiger partial charge in [0.1, 0.15) is 0 Å². The Kier molecular flexibility index (Phi) is 6.34. The second-order valence-electron chi connectivity index (χ2n) is 7.24. The van der Waals surface area contributed by atoms with Gasteiger partial charge in [-0.1, -0.05) is 24.4 Å². The molecule has 1 aliphatic carbocycles. The van der Waals surface area contributed by atoms with Crippen LogP contribution >= 0.6 is 11.6 Å². The van der Waals surface area contributed by atoms with Crippen LogP contribution in [0.3, 0.4) is 0 Å². The van der Waals surface area contributed by atoms with Gasteiger partial charge in [-0.25, -0.2) is 0 Å². The number of carbonyl (C=O) groups excluding carboxylic acids is 4. The third-order valence-corrected chi connectivity index (χ3v) is 5.53. The van der Waals surface area contributed by atoms with Crippen molar-refractivity contribution in [3.05, 3.63) is 28.8 Å². The molecule has 1 saturated carbocycles. The average Bonchev–Trinajstić information content (AvgIpc) is 2.91. The number of amides is 3. The van der Waals surface area contributed by atoms with E-state index in [1.54, 1.807) is 25.1 Å². The average molecular weight is 407 g/mol. The summed E-state index contributed by atoms with van der Waals surface area (Å²) >= 11 is 5.87. The summed E-state index contributed by atoms with van der Waals surface area (Å²) in [5.74, 6) is -1.93. The topological polar surface area (TPSA) is 92.8 Å². The van der Waals surface area contributed by atoms with Crippen molar-refractivity contribution in [1.82, 2.24) is 4.90 Å². The number of nitrogens with one attached hydrogen (secondary N) is 1. The SMILES string of the molecule is Cc1cc(Cl)ccc1NC(=O)COC(=O)CCN1C(=O)[C@H]2CCCC[C@H]2C1=O. The van der Waals surface area contributed by atoms with Crippen molar-refractivity contribution in [2.24, 2.45) is 11.8 Å². The molecule has 0 radical (unpaired) electrons. The molecule has 2 atom stereocenters. The first kappa shape index (κ1) is 20.3. The Hall–Kier alpha value is -2.41. The van der Waals surface area contributed by atoms with Crippen LogP contribution in [0.4, 0.5) is 5.69 Å². The summed E-state index contributed by atoms with van der Waals surface area (Å²) in [6.07, 6.45) is 3.27. The number of esters is 1. The monoisotopic (exact) mass is 406 g/mol. The molecule has 0 unspecified atom stereocenters. The molecule has 2 aliphatic rings. The Morgan fingerprint density at radius 3 is 2.43 bits per heavy atom. The van der Waals surface area contributed by atoms with E-state index in [2.05, 4.69) is 5.32 Å². The van der Waals surface area contributed by atoms with Gasteiger partial charge >= 0.3 is 5.97 Å². The van der Waals surface area contributed by atoms with Gasteiger partial charge in [0.25, 0.3) is 5.91 Å². The fourth-order valence-corrected chi connectivity index (χ4v) is 4.05. The van der Waals surface area contributed by atoms with Gasteiger partial charge in [0.15, 0.2) is 6.61 Å². The Balaban J connectivity index is 1.44. The van der Waals surface area contributed by atoms with Crippen molar-refractivity contribution in [1.29, 1.82) is 0 Å². The van der Waals surface area contributed by atoms with E-state index in [0.717, 1.165) is 31.2 Å². The van der Waals surface area contributed by atoms with Crippen LogP contribution in [-0.2, 0) is 23.9 Å². The van der Waals surface area contributed by atoms with Gasteiger partial charge in [-0.2, -0.15) is 0 Å². The smallest absolute Gasteiger partial charge is 0.308 e. The first-order chi connectivity index (χ1) is 13.4. The lowest BCUT2D eigenvalue weighted by atomic mass is 9.81. The molecule has 0 aromatic heterocycles. The number of carbonyl (C=O) groups is 4. The molecule has 1 saturated heterocycles. The highest BCUT2D eigenvalue weighted by Gasteiger charge is 2.47. The maximum Gasteiger partial charge on any atom is 0.308 e. The maximum absolute atomic E-state index is 12.4. The molecule has 1 N–H and O–H groups in total. The highest BCUT2D eigenvalue weighted by Crippen LogP contribution is 2.37.